The van der Waals surface area contributed by atoms with E-state index in [0.29, 0.717) is 18.7 Å². The largest absolute Gasteiger partial charge is 0.463 e. The first kappa shape index (κ1) is 16.2. The van der Waals surface area contributed by atoms with Crippen LogP contribution < -0.4 is 0 Å². The molecule has 1 heterocycles. The Morgan fingerprint density at radius 2 is 2.05 bits per heavy atom. The van der Waals surface area contributed by atoms with Gasteiger partial charge >= 0.3 is 5.97 Å². The second kappa shape index (κ2) is 8.32. The molecule has 0 spiro atoms. The SMILES string of the molecule is CCOC(=O)C1CC(C(=O)CCCCc2ccccc2)=NO1. The molecule has 5 nitrogen and oxygen atoms in total. The van der Waals surface area contributed by atoms with E-state index < -0.39 is 12.1 Å². The molecule has 0 radical (unpaired) electrons. The van der Waals surface area contributed by atoms with Gasteiger partial charge in [0.1, 0.15) is 5.71 Å². The Kier molecular flexibility index (Phi) is 6.13. The van der Waals surface area contributed by atoms with Crippen LogP contribution in [0.5, 0.6) is 0 Å². The Morgan fingerprint density at radius 3 is 2.77 bits per heavy atom. The zero-order valence-electron chi connectivity index (χ0n) is 12.8. The Morgan fingerprint density at radius 1 is 1.27 bits per heavy atom. The van der Waals surface area contributed by atoms with Crippen LogP contribution in [0.15, 0.2) is 35.5 Å². The number of ether oxygens (including phenoxy) is 1. The topological polar surface area (TPSA) is 65.0 Å². The number of unbranched alkanes of at least 4 members (excludes halogenated alkanes) is 1. The maximum Gasteiger partial charge on any atom is 0.350 e. The summed E-state index contributed by atoms with van der Waals surface area (Å²) in [5.74, 6) is -0.502. The lowest BCUT2D eigenvalue weighted by Crippen LogP contribution is -2.25. The number of ketones is 1. The van der Waals surface area contributed by atoms with Crippen molar-refractivity contribution < 1.29 is 19.2 Å². The average molecular weight is 303 g/mol. The average Bonchev–Trinajstić information content (AvgIpc) is 3.03. The molecule has 0 fully saturated rings. The number of carbonyl (C=O) groups is 2. The molecule has 1 atom stereocenters. The maximum atomic E-state index is 12.0. The minimum atomic E-state index is -0.761. The van der Waals surface area contributed by atoms with Gasteiger partial charge in [0.25, 0.3) is 0 Å². The molecule has 0 aromatic heterocycles. The van der Waals surface area contributed by atoms with Crippen molar-refractivity contribution in [3.63, 3.8) is 0 Å². The zero-order valence-corrected chi connectivity index (χ0v) is 12.8. The first-order valence-corrected chi connectivity index (χ1v) is 7.67. The molecule has 0 aliphatic carbocycles. The number of hydrogen-bond acceptors (Lipinski definition) is 5. The predicted molar refractivity (Wildman–Crippen MR) is 82.6 cm³/mol. The lowest BCUT2D eigenvalue weighted by molar-refractivity contribution is -0.154. The third-order valence-electron chi connectivity index (χ3n) is 3.50. The smallest absolute Gasteiger partial charge is 0.350 e. The number of rotatable bonds is 8. The molecular weight excluding hydrogens is 282 g/mol. The van der Waals surface area contributed by atoms with Crippen LogP contribution in [0.3, 0.4) is 0 Å². The van der Waals surface area contributed by atoms with Crippen molar-refractivity contribution in [2.75, 3.05) is 6.61 Å². The number of aryl methyl sites for hydroxylation is 1. The number of benzene rings is 1. The number of Topliss-reactive ketones (excluding diaryl/α,β-unsaturated/α-hetero) is 1. The van der Waals surface area contributed by atoms with E-state index in [-0.39, 0.29) is 12.2 Å². The van der Waals surface area contributed by atoms with E-state index in [1.807, 2.05) is 18.2 Å². The van der Waals surface area contributed by atoms with E-state index >= 15 is 0 Å². The molecule has 0 N–H and O–H groups in total. The molecule has 0 saturated carbocycles. The molecule has 1 aliphatic heterocycles. The molecule has 1 unspecified atom stereocenters. The molecule has 22 heavy (non-hydrogen) atoms. The predicted octanol–water partition coefficient (Wildman–Crippen LogP) is 2.68. The van der Waals surface area contributed by atoms with Crippen molar-refractivity contribution in [1.29, 1.82) is 0 Å². The van der Waals surface area contributed by atoms with Crippen LogP contribution in [0.4, 0.5) is 0 Å². The van der Waals surface area contributed by atoms with E-state index in [9.17, 15) is 9.59 Å². The highest BCUT2D eigenvalue weighted by atomic mass is 16.7. The van der Waals surface area contributed by atoms with Gasteiger partial charge in [-0.05, 0) is 31.7 Å². The monoisotopic (exact) mass is 303 g/mol. The Labute approximate surface area is 130 Å². The van der Waals surface area contributed by atoms with Crippen LogP contribution in [-0.4, -0.2) is 30.2 Å². The lowest BCUT2D eigenvalue weighted by atomic mass is 10.0. The number of esters is 1. The molecule has 5 heteroatoms. The Bertz CT molecular complexity index is 539. The van der Waals surface area contributed by atoms with Crippen molar-refractivity contribution >= 4 is 17.5 Å². The maximum absolute atomic E-state index is 12.0. The Hall–Kier alpha value is -2.17. The summed E-state index contributed by atoms with van der Waals surface area (Å²) >= 11 is 0. The van der Waals surface area contributed by atoms with Crippen molar-refractivity contribution in [2.24, 2.45) is 5.16 Å². The molecule has 0 saturated heterocycles. The second-order valence-corrected chi connectivity index (χ2v) is 5.20. The standard InChI is InChI=1S/C17H21NO4/c1-2-21-17(20)16-12-14(18-22-16)15(19)11-7-6-10-13-8-4-3-5-9-13/h3-5,8-9,16H,2,6-7,10-12H2,1H3. The van der Waals surface area contributed by atoms with Gasteiger partial charge < -0.3 is 9.57 Å². The summed E-state index contributed by atoms with van der Waals surface area (Å²) in [4.78, 5) is 28.5. The summed E-state index contributed by atoms with van der Waals surface area (Å²) in [6.45, 7) is 2.02. The normalized spacial score (nSPS) is 16.8. The fraction of sp³-hybridized carbons (Fsp3) is 0.471. The van der Waals surface area contributed by atoms with Crippen LogP contribution >= 0.6 is 0 Å². The number of hydrogen-bond donors (Lipinski definition) is 0. The molecule has 1 aromatic carbocycles. The van der Waals surface area contributed by atoms with Gasteiger partial charge in [0, 0.05) is 12.8 Å². The minimum Gasteiger partial charge on any atom is -0.463 e. The van der Waals surface area contributed by atoms with Crippen LogP contribution in [0.1, 0.15) is 38.2 Å². The first-order chi connectivity index (χ1) is 10.7. The molecule has 0 amide bonds. The quantitative estimate of drug-likeness (QED) is 0.547. The van der Waals surface area contributed by atoms with E-state index in [2.05, 4.69) is 17.3 Å². The Balaban J connectivity index is 1.67. The van der Waals surface area contributed by atoms with E-state index in [1.165, 1.54) is 5.56 Å². The van der Waals surface area contributed by atoms with Gasteiger partial charge in [-0.2, -0.15) is 0 Å². The zero-order chi connectivity index (χ0) is 15.8. The lowest BCUT2D eigenvalue weighted by Gasteiger charge is -2.06. The summed E-state index contributed by atoms with van der Waals surface area (Å²) < 4.78 is 4.85. The van der Waals surface area contributed by atoms with Crippen LogP contribution in [-0.2, 0) is 25.6 Å². The summed E-state index contributed by atoms with van der Waals surface area (Å²) in [7, 11) is 0. The summed E-state index contributed by atoms with van der Waals surface area (Å²) in [5, 5.41) is 3.72. The van der Waals surface area contributed by atoms with Crippen molar-refractivity contribution in [3.05, 3.63) is 35.9 Å². The van der Waals surface area contributed by atoms with Gasteiger partial charge in [0.2, 0.25) is 6.10 Å². The highest BCUT2D eigenvalue weighted by Crippen LogP contribution is 2.15. The molecule has 0 bridgehead atoms. The van der Waals surface area contributed by atoms with Gasteiger partial charge in [-0.3, -0.25) is 4.79 Å². The van der Waals surface area contributed by atoms with Gasteiger partial charge in [0.05, 0.1) is 6.61 Å². The van der Waals surface area contributed by atoms with Crippen molar-refractivity contribution in [1.82, 2.24) is 0 Å². The van der Waals surface area contributed by atoms with E-state index in [0.717, 1.165) is 19.3 Å². The van der Waals surface area contributed by atoms with E-state index in [1.54, 1.807) is 6.92 Å². The number of nitrogens with zero attached hydrogens (tertiary/aromatic N) is 1. The van der Waals surface area contributed by atoms with Crippen LogP contribution in [0, 0.1) is 0 Å². The second-order valence-electron chi connectivity index (χ2n) is 5.20. The third-order valence-corrected chi connectivity index (χ3v) is 3.50. The number of carbonyl (C=O) groups excluding carboxylic acids is 2. The summed E-state index contributed by atoms with van der Waals surface area (Å²) in [6, 6.07) is 10.2. The molecular formula is C17H21NO4. The molecule has 1 aliphatic rings. The first-order valence-electron chi connectivity index (χ1n) is 7.67. The molecule has 118 valence electrons. The van der Waals surface area contributed by atoms with Crippen molar-refractivity contribution in [3.8, 4) is 0 Å². The van der Waals surface area contributed by atoms with Crippen LogP contribution in [0.25, 0.3) is 0 Å². The fourth-order valence-corrected chi connectivity index (χ4v) is 2.31. The fourth-order valence-electron chi connectivity index (χ4n) is 2.31. The number of oxime groups is 1. The van der Waals surface area contributed by atoms with Gasteiger partial charge in [-0.15, -0.1) is 0 Å². The minimum absolute atomic E-state index is 0.0418. The van der Waals surface area contributed by atoms with E-state index in [4.69, 9.17) is 9.57 Å². The highest BCUT2D eigenvalue weighted by molar-refractivity contribution is 6.40. The van der Waals surface area contributed by atoms with Crippen molar-refractivity contribution in [2.45, 2.75) is 45.1 Å². The molecule has 1 aromatic rings. The molecule has 2 rings (SSSR count). The summed E-state index contributed by atoms with van der Waals surface area (Å²) in [6.07, 6.45) is 2.61. The highest BCUT2D eigenvalue weighted by Gasteiger charge is 2.32. The third kappa shape index (κ3) is 4.69. The van der Waals surface area contributed by atoms with Crippen LogP contribution in [0.2, 0.25) is 0 Å². The van der Waals surface area contributed by atoms with Gasteiger partial charge in [-0.25, -0.2) is 4.79 Å². The van der Waals surface area contributed by atoms with Gasteiger partial charge in [0.15, 0.2) is 5.78 Å². The summed E-state index contributed by atoms with van der Waals surface area (Å²) in [5.41, 5.74) is 1.62. The van der Waals surface area contributed by atoms with Gasteiger partial charge in [-0.1, -0.05) is 35.5 Å².